The Hall–Kier alpha value is -1.32. The first-order valence-corrected chi connectivity index (χ1v) is 7.60. The molecule has 0 amide bonds. The lowest BCUT2D eigenvalue weighted by Crippen LogP contribution is -2.22. The van der Waals surface area contributed by atoms with Gasteiger partial charge < -0.3 is 14.5 Å². The molecule has 2 aromatic rings. The molecule has 0 saturated heterocycles. The highest BCUT2D eigenvalue weighted by molar-refractivity contribution is 5.83. The van der Waals surface area contributed by atoms with Gasteiger partial charge in [0.15, 0.2) is 0 Å². The summed E-state index contributed by atoms with van der Waals surface area (Å²) in [6.45, 7) is 12.3. The minimum atomic E-state index is 0.131. The van der Waals surface area contributed by atoms with Gasteiger partial charge in [0.05, 0.1) is 13.2 Å². The van der Waals surface area contributed by atoms with Crippen molar-refractivity contribution >= 4 is 11.0 Å². The van der Waals surface area contributed by atoms with E-state index in [0.29, 0.717) is 12.6 Å². The highest BCUT2D eigenvalue weighted by Crippen LogP contribution is 2.31. The van der Waals surface area contributed by atoms with Crippen LogP contribution < -0.4 is 5.32 Å². The molecular weight excluding hydrogens is 262 g/mol. The SMILES string of the molecule is COCc1c(CNC(C)C)oc2ccc(C(C)(C)C)cc12. The molecule has 1 aromatic heterocycles. The van der Waals surface area contributed by atoms with Crippen LogP contribution in [0.25, 0.3) is 11.0 Å². The van der Waals surface area contributed by atoms with Crippen LogP contribution in [0, 0.1) is 0 Å². The first-order valence-electron chi connectivity index (χ1n) is 7.60. The summed E-state index contributed by atoms with van der Waals surface area (Å²) in [6.07, 6.45) is 0. The lowest BCUT2D eigenvalue weighted by atomic mass is 9.86. The van der Waals surface area contributed by atoms with E-state index in [-0.39, 0.29) is 5.41 Å². The van der Waals surface area contributed by atoms with E-state index in [4.69, 9.17) is 9.15 Å². The van der Waals surface area contributed by atoms with Crippen LogP contribution in [0.1, 0.15) is 51.5 Å². The second-order valence-corrected chi connectivity index (χ2v) is 6.93. The van der Waals surface area contributed by atoms with Crippen LogP contribution >= 0.6 is 0 Å². The van der Waals surface area contributed by atoms with Gasteiger partial charge in [0.25, 0.3) is 0 Å². The van der Waals surface area contributed by atoms with Crippen molar-refractivity contribution in [3.05, 3.63) is 35.1 Å². The minimum Gasteiger partial charge on any atom is -0.459 e. The fraction of sp³-hybridized carbons (Fsp3) is 0.556. The quantitative estimate of drug-likeness (QED) is 0.887. The molecule has 3 heteroatoms. The lowest BCUT2D eigenvalue weighted by Gasteiger charge is -2.18. The number of rotatable bonds is 5. The van der Waals surface area contributed by atoms with Crippen LogP contribution in [0.5, 0.6) is 0 Å². The smallest absolute Gasteiger partial charge is 0.134 e. The zero-order chi connectivity index (χ0) is 15.6. The molecule has 2 rings (SSSR count). The monoisotopic (exact) mass is 289 g/mol. The van der Waals surface area contributed by atoms with Crippen molar-refractivity contribution in [1.29, 1.82) is 0 Å². The van der Waals surface area contributed by atoms with Gasteiger partial charge in [0.1, 0.15) is 11.3 Å². The number of hydrogen-bond acceptors (Lipinski definition) is 3. The molecular formula is C18H27NO2. The fourth-order valence-electron chi connectivity index (χ4n) is 2.41. The Morgan fingerprint density at radius 1 is 1.24 bits per heavy atom. The number of benzene rings is 1. The summed E-state index contributed by atoms with van der Waals surface area (Å²) in [4.78, 5) is 0. The summed E-state index contributed by atoms with van der Waals surface area (Å²) in [5, 5.41) is 4.59. The standard InChI is InChI=1S/C18H27NO2/c1-12(2)19-10-17-15(11-20-6)14-9-13(18(3,4)5)7-8-16(14)21-17/h7-9,12,19H,10-11H2,1-6H3. The number of fused-ring (bicyclic) bond motifs is 1. The van der Waals surface area contributed by atoms with E-state index in [1.165, 1.54) is 10.9 Å². The van der Waals surface area contributed by atoms with Crippen molar-refractivity contribution in [3.8, 4) is 0 Å². The number of methoxy groups -OCH3 is 1. The van der Waals surface area contributed by atoms with Crippen LogP contribution in [-0.4, -0.2) is 13.2 Å². The van der Waals surface area contributed by atoms with E-state index in [2.05, 4.69) is 58.1 Å². The molecule has 0 bridgehead atoms. The molecule has 1 heterocycles. The number of furan rings is 1. The lowest BCUT2D eigenvalue weighted by molar-refractivity contribution is 0.183. The largest absolute Gasteiger partial charge is 0.459 e. The maximum absolute atomic E-state index is 6.03. The van der Waals surface area contributed by atoms with Crippen LogP contribution in [0.2, 0.25) is 0 Å². The Balaban J connectivity index is 2.48. The minimum absolute atomic E-state index is 0.131. The highest BCUT2D eigenvalue weighted by Gasteiger charge is 2.19. The summed E-state index contributed by atoms with van der Waals surface area (Å²) in [5.74, 6) is 0.978. The molecule has 0 fully saturated rings. The van der Waals surface area contributed by atoms with E-state index in [1.807, 2.05) is 0 Å². The van der Waals surface area contributed by atoms with Crippen LogP contribution in [0.15, 0.2) is 22.6 Å². The Labute approximate surface area is 127 Å². The van der Waals surface area contributed by atoms with Gasteiger partial charge in [-0.25, -0.2) is 0 Å². The highest BCUT2D eigenvalue weighted by atomic mass is 16.5. The van der Waals surface area contributed by atoms with E-state index in [0.717, 1.165) is 23.5 Å². The van der Waals surface area contributed by atoms with Gasteiger partial charge in [-0.3, -0.25) is 0 Å². The Morgan fingerprint density at radius 2 is 1.95 bits per heavy atom. The topological polar surface area (TPSA) is 34.4 Å². The van der Waals surface area contributed by atoms with Crippen molar-refractivity contribution in [2.75, 3.05) is 7.11 Å². The van der Waals surface area contributed by atoms with Crippen LogP contribution in [0.3, 0.4) is 0 Å². The predicted octanol–water partition coefficient (Wildman–Crippen LogP) is 4.37. The Bertz CT molecular complexity index is 605. The normalized spacial score (nSPS) is 12.5. The second kappa shape index (κ2) is 6.20. The predicted molar refractivity (Wildman–Crippen MR) is 87.6 cm³/mol. The van der Waals surface area contributed by atoms with Gasteiger partial charge in [0, 0.05) is 24.1 Å². The van der Waals surface area contributed by atoms with Crippen molar-refractivity contribution in [2.45, 2.75) is 59.2 Å². The molecule has 1 N–H and O–H groups in total. The third-order valence-electron chi connectivity index (χ3n) is 3.70. The summed E-state index contributed by atoms with van der Waals surface area (Å²) in [6, 6.07) is 6.90. The molecule has 116 valence electrons. The van der Waals surface area contributed by atoms with Gasteiger partial charge in [-0.1, -0.05) is 40.7 Å². The molecule has 0 aliphatic heterocycles. The van der Waals surface area contributed by atoms with E-state index in [9.17, 15) is 0 Å². The number of ether oxygens (including phenoxy) is 1. The molecule has 3 nitrogen and oxygen atoms in total. The summed E-state index contributed by atoms with van der Waals surface area (Å²) >= 11 is 0. The van der Waals surface area contributed by atoms with Gasteiger partial charge >= 0.3 is 0 Å². The molecule has 0 unspecified atom stereocenters. The van der Waals surface area contributed by atoms with Crippen molar-refractivity contribution in [3.63, 3.8) is 0 Å². The van der Waals surface area contributed by atoms with Crippen LogP contribution in [0.4, 0.5) is 0 Å². The molecule has 1 aromatic carbocycles. The molecule has 0 aliphatic rings. The van der Waals surface area contributed by atoms with E-state index < -0.39 is 0 Å². The summed E-state index contributed by atoms with van der Waals surface area (Å²) < 4.78 is 11.4. The van der Waals surface area contributed by atoms with Gasteiger partial charge in [-0.2, -0.15) is 0 Å². The molecule has 0 saturated carbocycles. The molecule has 0 atom stereocenters. The average Bonchev–Trinajstić information content (AvgIpc) is 2.73. The summed E-state index contributed by atoms with van der Waals surface area (Å²) in [5.41, 5.74) is 3.55. The average molecular weight is 289 g/mol. The van der Waals surface area contributed by atoms with Gasteiger partial charge in [-0.15, -0.1) is 0 Å². The molecule has 0 aliphatic carbocycles. The van der Waals surface area contributed by atoms with Crippen molar-refractivity contribution in [1.82, 2.24) is 5.32 Å². The fourth-order valence-corrected chi connectivity index (χ4v) is 2.41. The van der Waals surface area contributed by atoms with Crippen molar-refractivity contribution < 1.29 is 9.15 Å². The first kappa shape index (κ1) is 16.1. The Morgan fingerprint density at radius 3 is 2.52 bits per heavy atom. The number of nitrogens with one attached hydrogen (secondary N) is 1. The Kier molecular flexibility index (Phi) is 4.74. The third kappa shape index (κ3) is 3.66. The maximum atomic E-state index is 6.03. The summed E-state index contributed by atoms with van der Waals surface area (Å²) in [7, 11) is 1.73. The van der Waals surface area contributed by atoms with E-state index >= 15 is 0 Å². The van der Waals surface area contributed by atoms with Crippen molar-refractivity contribution in [2.24, 2.45) is 0 Å². The molecule has 21 heavy (non-hydrogen) atoms. The first-order chi connectivity index (χ1) is 9.82. The second-order valence-electron chi connectivity index (χ2n) is 6.93. The third-order valence-corrected chi connectivity index (χ3v) is 3.70. The van der Waals surface area contributed by atoms with Gasteiger partial charge in [-0.05, 0) is 23.1 Å². The van der Waals surface area contributed by atoms with Gasteiger partial charge in [0.2, 0.25) is 0 Å². The zero-order valence-electron chi connectivity index (χ0n) is 14.0. The number of hydrogen-bond donors (Lipinski definition) is 1. The van der Waals surface area contributed by atoms with Crippen LogP contribution in [-0.2, 0) is 23.3 Å². The van der Waals surface area contributed by atoms with E-state index in [1.54, 1.807) is 7.11 Å². The molecule has 0 radical (unpaired) electrons. The maximum Gasteiger partial charge on any atom is 0.134 e. The molecule has 0 spiro atoms. The zero-order valence-corrected chi connectivity index (χ0v) is 14.0.